The van der Waals surface area contributed by atoms with Gasteiger partial charge in [-0.25, -0.2) is 0 Å². The second-order valence-corrected chi connectivity index (χ2v) is 9.30. The van der Waals surface area contributed by atoms with Crippen molar-refractivity contribution in [2.24, 2.45) is 5.92 Å². The monoisotopic (exact) mass is 464 g/mol. The van der Waals surface area contributed by atoms with E-state index in [4.69, 9.17) is 9.47 Å². The number of carbonyl (C=O) groups is 3. The molecule has 0 unspecified atom stereocenters. The predicted molar refractivity (Wildman–Crippen MR) is 130 cm³/mol. The van der Waals surface area contributed by atoms with Gasteiger partial charge in [-0.05, 0) is 67.0 Å². The van der Waals surface area contributed by atoms with Gasteiger partial charge in [0.2, 0.25) is 5.91 Å². The third-order valence-electron chi connectivity index (χ3n) is 6.21. The highest BCUT2D eigenvalue weighted by Crippen LogP contribution is 2.33. The van der Waals surface area contributed by atoms with Gasteiger partial charge in [-0.2, -0.15) is 0 Å². The van der Waals surface area contributed by atoms with Crippen LogP contribution in [0.4, 0.5) is 5.69 Å². The lowest BCUT2D eigenvalue weighted by atomic mass is 10.0. The molecule has 1 heterocycles. The van der Waals surface area contributed by atoms with E-state index >= 15 is 0 Å². The first-order chi connectivity index (χ1) is 16.4. The molecular formula is C27H32N2O5. The number of Topliss-reactive ketones (excluding diaryl/α,β-unsaturated/α-hetero) is 1. The van der Waals surface area contributed by atoms with Gasteiger partial charge in [0.1, 0.15) is 11.5 Å². The Balaban J connectivity index is 1.35. The molecule has 34 heavy (non-hydrogen) atoms. The summed E-state index contributed by atoms with van der Waals surface area (Å²) in [5.74, 6) is 1.89. The van der Waals surface area contributed by atoms with E-state index in [1.807, 2.05) is 24.3 Å². The van der Waals surface area contributed by atoms with Gasteiger partial charge in [-0.15, -0.1) is 0 Å². The first-order valence-corrected chi connectivity index (χ1v) is 12.0. The lowest BCUT2D eigenvalue weighted by molar-refractivity contribution is -0.122. The van der Waals surface area contributed by atoms with Crippen molar-refractivity contribution < 1.29 is 23.9 Å². The molecule has 2 amide bonds. The highest BCUT2D eigenvalue weighted by atomic mass is 16.5. The van der Waals surface area contributed by atoms with Gasteiger partial charge < -0.3 is 19.7 Å². The number of amides is 2. The van der Waals surface area contributed by atoms with E-state index in [1.165, 1.54) is 18.4 Å². The van der Waals surface area contributed by atoms with E-state index in [1.54, 1.807) is 23.1 Å². The Morgan fingerprint density at radius 1 is 1.15 bits per heavy atom. The average molecular weight is 465 g/mol. The van der Waals surface area contributed by atoms with Crippen molar-refractivity contribution in [3.63, 3.8) is 0 Å². The van der Waals surface area contributed by atoms with Crippen molar-refractivity contribution in [2.75, 3.05) is 31.2 Å². The summed E-state index contributed by atoms with van der Waals surface area (Å²) in [4.78, 5) is 38.9. The van der Waals surface area contributed by atoms with Crippen LogP contribution in [0.1, 0.15) is 61.4 Å². The minimum Gasteiger partial charge on any atom is -0.485 e. The standard InChI is InChI=1S/C27H32N2O5/c1-18(2)20-7-10-22(11-8-20)33-16-24(30)21-9-12-25-23(14-21)29(27(32)17-34-25)13-3-4-26(31)28-15-19-5-6-19/h7-12,14,18-19H,3-6,13,15-17H2,1-2H3,(H,28,31). The maximum Gasteiger partial charge on any atom is 0.265 e. The summed E-state index contributed by atoms with van der Waals surface area (Å²) in [7, 11) is 0. The summed E-state index contributed by atoms with van der Waals surface area (Å²) in [6.07, 6.45) is 3.27. The lowest BCUT2D eigenvalue weighted by Crippen LogP contribution is -2.40. The van der Waals surface area contributed by atoms with Crippen molar-refractivity contribution in [3.05, 3.63) is 53.6 Å². The second-order valence-electron chi connectivity index (χ2n) is 9.30. The maximum atomic E-state index is 12.8. The fraction of sp³-hybridized carbons (Fsp3) is 0.444. The second kappa shape index (κ2) is 10.7. The molecule has 0 radical (unpaired) electrons. The molecule has 2 aliphatic rings. The van der Waals surface area contributed by atoms with E-state index in [0.29, 0.717) is 54.0 Å². The van der Waals surface area contributed by atoms with Gasteiger partial charge in [0, 0.05) is 25.1 Å². The molecule has 0 bridgehead atoms. The van der Waals surface area contributed by atoms with Gasteiger partial charge in [-0.3, -0.25) is 14.4 Å². The minimum absolute atomic E-state index is 0.00957. The number of anilines is 1. The molecule has 2 aromatic rings. The highest BCUT2D eigenvalue weighted by molar-refractivity contribution is 6.02. The molecule has 7 nitrogen and oxygen atoms in total. The molecule has 7 heteroatoms. The summed E-state index contributed by atoms with van der Waals surface area (Å²) in [6.45, 7) is 5.23. The Hall–Kier alpha value is -3.35. The van der Waals surface area contributed by atoms with E-state index in [-0.39, 0.29) is 30.8 Å². The molecule has 0 aromatic heterocycles. The summed E-state index contributed by atoms with van der Waals surface area (Å²) < 4.78 is 11.2. The Morgan fingerprint density at radius 2 is 1.91 bits per heavy atom. The Kier molecular flexibility index (Phi) is 7.50. The number of ketones is 1. The number of fused-ring (bicyclic) bond motifs is 1. The summed E-state index contributed by atoms with van der Waals surface area (Å²) in [5.41, 5.74) is 2.21. The number of benzene rings is 2. The quantitative estimate of drug-likeness (QED) is 0.506. The van der Waals surface area contributed by atoms with E-state index in [0.717, 1.165) is 6.54 Å². The fourth-order valence-electron chi connectivity index (χ4n) is 3.87. The van der Waals surface area contributed by atoms with Crippen LogP contribution in [-0.2, 0) is 9.59 Å². The summed E-state index contributed by atoms with van der Waals surface area (Å²) in [6, 6.07) is 12.8. The SMILES string of the molecule is CC(C)c1ccc(OCC(=O)c2ccc3c(c2)N(CCCC(=O)NCC2CC2)C(=O)CO3)cc1. The van der Waals surface area contributed by atoms with Crippen LogP contribution in [0.15, 0.2) is 42.5 Å². The first kappa shape index (κ1) is 23.8. The van der Waals surface area contributed by atoms with Crippen molar-refractivity contribution in [1.82, 2.24) is 5.32 Å². The molecule has 0 spiro atoms. The zero-order chi connectivity index (χ0) is 24.1. The van der Waals surface area contributed by atoms with Crippen LogP contribution in [0.2, 0.25) is 0 Å². The summed E-state index contributed by atoms with van der Waals surface area (Å²) >= 11 is 0. The Labute approximate surface area is 200 Å². The number of hydrogen-bond donors (Lipinski definition) is 1. The maximum absolute atomic E-state index is 12.8. The average Bonchev–Trinajstić information content (AvgIpc) is 3.67. The van der Waals surface area contributed by atoms with Crippen molar-refractivity contribution in [2.45, 2.75) is 45.4 Å². The van der Waals surface area contributed by atoms with Crippen LogP contribution in [-0.4, -0.2) is 43.9 Å². The number of rotatable bonds is 11. The van der Waals surface area contributed by atoms with Crippen LogP contribution < -0.4 is 19.7 Å². The molecule has 0 saturated heterocycles. The molecule has 1 N–H and O–H groups in total. The molecular weight excluding hydrogens is 432 g/mol. The molecule has 1 saturated carbocycles. The molecule has 2 aromatic carbocycles. The molecule has 180 valence electrons. The molecule has 1 aliphatic carbocycles. The van der Waals surface area contributed by atoms with Gasteiger partial charge >= 0.3 is 0 Å². The smallest absolute Gasteiger partial charge is 0.265 e. The van der Waals surface area contributed by atoms with E-state index in [2.05, 4.69) is 19.2 Å². The topological polar surface area (TPSA) is 84.9 Å². The van der Waals surface area contributed by atoms with Gasteiger partial charge in [0.15, 0.2) is 19.0 Å². The highest BCUT2D eigenvalue weighted by Gasteiger charge is 2.27. The van der Waals surface area contributed by atoms with Crippen LogP contribution in [0.25, 0.3) is 0 Å². The normalized spacial score (nSPS) is 15.0. The number of ether oxygens (including phenoxy) is 2. The Bertz CT molecular complexity index is 1040. The Morgan fingerprint density at radius 3 is 2.62 bits per heavy atom. The minimum atomic E-state index is -0.187. The van der Waals surface area contributed by atoms with Crippen LogP contribution >= 0.6 is 0 Å². The molecule has 1 fully saturated rings. The van der Waals surface area contributed by atoms with Crippen molar-refractivity contribution >= 4 is 23.3 Å². The van der Waals surface area contributed by atoms with Crippen molar-refractivity contribution in [1.29, 1.82) is 0 Å². The van der Waals surface area contributed by atoms with Crippen molar-refractivity contribution in [3.8, 4) is 11.5 Å². The predicted octanol–water partition coefficient (Wildman–Crippen LogP) is 4.10. The zero-order valence-electron chi connectivity index (χ0n) is 19.8. The molecule has 4 rings (SSSR count). The van der Waals surface area contributed by atoms with Gasteiger partial charge in [0.25, 0.3) is 5.91 Å². The largest absolute Gasteiger partial charge is 0.485 e. The summed E-state index contributed by atoms with van der Waals surface area (Å²) in [5, 5.41) is 2.95. The number of nitrogens with zero attached hydrogens (tertiary/aromatic N) is 1. The molecule has 1 aliphatic heterocycles. The third kappa shape index (κ3) is 6.16. The van der Waals surface area contributed by atoms with E-state index in [9.17, 15) is 14.4 Å². The fourth-order valence-corrected chi connectivity index (χ4v) is 3.87. The molecule has 0 atom stereocenters. The van der Waals surface area contributed by atoms with Crippen LogP contribution in [0.5, 0.6) is 11.5 Å². The van der Waals surface area contributed by atoms with Gasteiger partial charge in [-0.1, -0.05) is 26.0 Å². The zero-order valence-corrected chi connectivity index (χ0v) is 19.8. The van der Waals surface area contributed by atoms with Crippen LogP contribution in [0.3, 0.4) is 0 Å². The number of carbonyl (C=O) groups excluding carboxylic acids is 3. The van der Waals surface area contributed by atoms with E-state index < -0.39 is 0 Å². The third-order valence-corrected chi connectivity index (χ3v) is 6.21. The first-order valence-electron chi connectivity index (χ1n) is 12.0. The number of nitrogens with one attached hydrogen (secondary N) is 1. The number of hydrogen-bond acceptors (Lipinski definition) is 5. The van der Waals surface area contributed by atoms with Gasteiger partial charge in [0.05, 0.1) is 5.69 Å². The lowest BCUT2D eigenvalue weighted by Gasteiger charge is -2.29. The van der Waals surface area contributed by atoms with Crippen LogP contribution in [0, 0.1) is 5.92 Å².